The van der Waals surface area contributed by atoms with E-state index < -0.39 is 18.4 Å². The summed E-state index contributed by atoms with van der Waals surface area (Å²) in [6.45, 7) is 0. The van der Waals surface area contributed by atoms with Crippen LogP contribution in [0, 0.1) is 0 Å². The van der Waals surface area contributed by atoms with Crippen molar-refractivity contribution in [3.8, 4) is 0 Å². The van der Waals surface area contributed by atoms with E-state index in [-0.39, 0.29) is 18.5 Å². The predicted molar refractivity (Wildman–Crippen MR) is 46.3 cm³/mol. The fourth-order valence-electron chi connectivity index (χ4n) is 1.02. The number of carbonyl (C=O) groups is 1. The molecule has 0 saturated heterocycles. The molecule has 0 aliphatic carbocycles. The largest absolute Gasteiger partial charge is 0.389 e. The van der Waals surface area contributed by atoms with Crippen molar-refractivity contribution >= 4 is 5.78 Å². The molecule has 0 N–H and O–H groups in total. The summed E-state index contributed by atoms with van der Waals surface area (Å²) in [6.07, 6.45) is -1.54. The molecule has 1 aromatic rings. The highest BCUT2D eigenvalue weighted by Gasteiger charge is 2.26. The van der Waals surface area contributed by atoms with Gasteiger partial charge in [0.2, 0.25) is 0 Å². The van der Waals surface area contributed by atoms with Crippen molar-refractivity contribution in [2.45, 2.75) is 25.4 Å². The molecule has 1 heterocycles. The molecule has 15 heavy (non-hydrogen) atoms. The van der Waals surface area contributed by atoms with Crippen molar-refractivity contribution in [1.29, 1.82) is 0 Å². The van der Waals surface area contributed by atoms with Crippen molar-refractivity contribution in [3.63, 3.8) is 0 Å². The number of ketones is 1. The number of carbonyl (C=O) groups excluding carboxylic acids is 1. The molecule has 0 radical (unpaired) electrons. The topological polar surface area (TPSA) is 42.9 Å². The molecule has 1 rings (SSSR count). The van der Waals surface area contributed by atoms with E-state index >= 15 is 0 Å². The molecule has 6 heteroatoms. The third-order valence-electron chi connectivity index (χ3n) is 1.71. The number of nitrogens with zero attached hydrogens (tertiary/aromatic N) is 2. The third-order valence-corrected chi connectivity index (χ3v) is 1.71. The Hall–Kier alpha value is -1.46. The highest BCUT2D eigenvalue weighted by atomic mass is 19.4. The van der Waals surface area contributed by atoms with E-state index in [1.165, 1.54) is 18.6 Å². The molecule has 0 spiro atoms. The quantitative estimate of drug-likeness (QED) is 0.728. The van der Waals surface area contributed by atoms with E-state index in [1.807, 2.05) is 0 Å². The molecule has 0 aliphatic rings. The second kappa shape index (κ2) is 4.86. The summed E-state index contributed by atoms with van der Waals surface area (Å²) in [5.74, 6) is -0.410. The van der Waals surface area contributed by atoms with E-state index in [9.17, 15) is 18.0 Å². The van der Waals surface area contributed by atoms with Gasteiger partial charge in [-0.15, -0.1) is 0 Å². The maximum absolute atomic E-state index is 11.8. The van der Waals surface area contributed by atoms with Gasteiger partial charge in [0.15, 0.2) is 5.78 Å². The molecule has 0 bridgehead atoms. The maximum atomic E-state index is 11.8. The average Bonchev–Trinajstić information content (AvgIpc) is 2.17. The van der Waals surface area contributed by atoms with Crippen LogP contribution >= 0.6 is 0 Å². The molecular weight excluding hydrogens is 209 g/mol. The van der Waals surface area contributed by atoms with Crippen molar-refractivity contribution in [2.24, 2.45) is 0 Å². The number of aromatic nitrogens is 2. The summed E-state index contributed by atoms with van der Waals surface area (Å²) in [7, 11) is 0. The van der Waals surface area contributed by atoms with Crippen molar-refractivity contribution in [3.05, 3.63) is 24.3 Å². The van der Waals surface area contributed by atoms with E-state index in [2.05, 4.69) is 9.97 Å². The Labute approximate surface area is 84.4 Å². The van der Waals surface area contributed by atoms with Gasteiger partial charge < -0.3 is 0 Å². The van der Waals surface area contributed by atoms with Crippen LogP contribution in [0.15, 0.2) is 18.6 Å². The minimum atomic E-state index is -4.21. The summed E-state index contributed by atoms with van der Waals surface area (Å²) in [6, 6.07) is 0. The normalized spacial score (nSPS) is 11.4. The fraction of sp³-hybridized carbons (Fsp3) is 0.444. The van der Waals surface area contributed by atoms with Crippen LogP contribution in [-0.4, -0.2) is 21.9 Å². The van der Waals surface area contributed by atoms with E-state index in [0.717, 1.165) is 0 Å². The zero-order chi connectivity index (χ0) is 11.3. The second-order valence-electron chi connectivity index (χ2n) is 2.98. The molecule has 0 aliphatic heterocycles. The fourth-order valence-corrected chi connectivity index (χ4v) is 1.02. The lowest BCUT2D eigenvalue weighted by atomic mass is 10.1. The molecule has 0 aromatic carbocycles. The van der Waals surface area contributed by atoms with Crippen molar-refractivity contribution < 1.29 is 18.0 Å². The summed E-state index contributed by atoms with van der Waals surface area (Å²) < 4.78 is 35.3. The Bertz CT molecular complexity index is 324. The minimum absolute atomic E-state index is 0.111. The van der Waals surface area contributed by atoms with Gasteiger partial charge in [0.05, 0.1) is 6.20 Å². The molecule has 82 valence electrons. The molecule has 0 amide bonds. The van der Waals surface area contributed by atoms with Crippen LogP contribution in [0.3, 0.4) is 0 Å². The molecule has 0 saturated carbocycles. The molecule has 3 nitrogen and oxygen atoms in total. The summed E-state index contributed by atoms with van der Waals surface area (Å²) in [4.78, 5) is 18.6. The van der Waals surface area contributed by atoms with Gasteiger partial charge in [0, 0.05) is 25.2 Å². The van der Waals surface area contributed by atoms with Crippen molar-refractivity contribution in [1.82, 2.24) is 9.97 Å². The SMILES string of the molecule is O=C(CCCC(F)(F)F)c1cnccn1. The first-order valence-electron chi connectivity index (χ1n) is 4.35. The van der Waals surface area contributed by atoms with Gasteiger partial charge in [-0.3, -0.25) is 9.78 Å². The Morgan fingerprint density at radius 2 is 2.07 bits per heavy atom. The first-order valence-corrected chi connectivity index (χ1v) is 4.35. The van der Waals surface area contributed by atoms with E-state index in [1.54, 1.807) is 0 Å². The monoisotopic (exact) mass is 218 g/mol. The smallest absolute Gasteiger partial charge is 0.292 e. The zero-order valence-corrected chi connectivity index (χ0v) is 7.79. The maximum Gasteiger partial charge on any atom is 0.389 e. The second-order valence-corrected chi connectivity index (χ2v) is 2.98. The Morgan fingerprint density at radius 3 is 2.60 bits per heavy atom. The van der Waals surface area contributed by atoms with Gasteiger partial charge in [-0.05, 0) is 6.42 Å². The average molecular weight is 218 g/mol. The van der Waals surface area contributed by atoms with Gasteiger partial charge in [-0.2, -0.15) is 13.2 Å². The number of hydrogen-bond donors (Lipinski definition) is 0. The highest BCUT2D eigenvalue weighted by molar-refractivity contribution is 5.93. The van der Waals surface area contributed by atoms with Gasteiger partial charge >= 0.3 is 6.18 Å². The van der Waals surface area contributed by atoms with Gasteiger partial charge in [0.1, 0.15) is 5.69 Å². The van der Waals surface area contributed by atoms with Crippen LogP contribution in [0.4, 0.5) is 13.2 Å². The van der Waals surface area contributed by atoms with Gasteiger partial charge in [-0.1, -0.05) is 0 Å². The number of alkyl halides is 3. The van der Waals surface area contributed by atoms with E-state index in [4.69, 9.17) is 0 Å². The zero-order valence-electron chi connectivity index (χ0n) is 7.79. The van der Waals surface area contributed by atoms with Gasteiger partial charge in [-0.25, -0.2) is 4.98 Å². The Morgan fingerprint density at radius 1 is 1.33 bits per heavy atom. The van der Waals surface area contributed by atoms with Crippen LogP contribution < -0.4 is 0 Å². The number of hydrogen-bond acceptors (Lipinski definition) is 3. The summed E-state index contributed by atoms with van der Waals surface area (Å²) >= 11 is 0. The van der Waals surface area contributed by atoms with Crippen LogP contribution in [0.1, 0.15) is 29.8 Å². The molecular formula is C9H9F3N2O. The number of halogens is 3. The van der Waals surface area contributed by atoms with Crippen LogP contribution in [0.2, 0.25) is 0 Å². The summed E-state index contributed by atoms with van der Waals surface area (Å²) in [5.41, 5.74) is 0.111. The third kappa shape index (κ3) is 4.53. The van der Waals surface area contributed by atoms with Crippen molar-refractivity contribution in [2.75, 3.05) is 0 Å². The Kier molecular flexibility index (Phi) is 3.76. The number of rotatable bonds is 4. The van der Waals surface area contributed by atoms with E-state index in [0.29, 0.717) is 0 Å². The molecule has 0 fully saturated rings. The lowest BCUT2D eigenvalue weighted by Crippen LogP contribution is -2.09. The lowest BCUT2D eigenvalue weighted by Gasteiger charge is -2.04. The molecule has 0 atom stereocenters. The first-order chi connectivity index (χ1) is 6.99. The van der Waals surface area contributed by atoms with Gasteiger partial charge in [0.25, 0.3) is 0 Å². The highest BCUT2D eigenvalue weighted by Crippen LogP contribution is 2.22. The standard InChI is InChI=1S/C9H9F3N2O/c10-9(11,12)3-1-2-8(15)7-6-13-4-5-14-7/h4-6H,1-3H2. The van der Waals surface area contributed by atoms with Crippen LogP contribution in [0.5, 0.6) is 0 Å². The van der Waals surface area contributed by atoms with Crippen LogP contribution in [0.25, 0.3) is 0 Å². The number of Topliss-reactive ketones (excluding diaryl/α,β-unsaturated/α-hetero) is 1. The summed E-state index contributed by atoms with van der Waals surface area (Å²) in [5, 5.41) is 0. The molecule has 0 unspecified atom stereocenters. The Balaban J connectivity index is 2.38. The first kappa shape index (κ1) is 11.6. The minimum Gasteiger partial charge on any atom is -0.292 e. The molecule has 1 aromatic heterocycles. The lowest BCUT2D eigenvalue weighted by molar-refractivity contribution is -0.135. The van der Waals surface area contributed by atoms with Crippen LogP contribution in [-0.2, 0) is 0 Å². The predicted octanol–water partition coefficient (Wildman–Crippen LogP) is 2.39.